The summed E-state index contributed by atoms with van der Waals surface area (Å²) in [4.78, 5) is 88.0. The van der Waals surface area contributed by atoms with Crippen molar-refractivity contribution in [2.75, 3.05) is 16.9 Å². The van der Waals surface area contributed by atoms with E-state index in [4.69, 9.17) is 9.47 Å². The lowest BCUT2D eigenvalue weighted by Gasteiger charge is -2.35. The maximum Gasteiger partial charge on any atom is 0.347 e. The van der Waals surface area contributed by atoms with Gasteiger partial charge < -0.3 is 14.6 Å². The number of anilines is 2. The molecule has 0 atom stereocenters. The number of imide groups is 2. The molecule has 14 aromatic carbocycles. The van der Waals surface area contributed by atoms with E-state index in [1.165, 1.54) is 66.3 Å². The zero-order chi connectivity index (χ0) is 87.5. The van der Waals surface area contributed by atoms with Gasteiger partial charge in [0, 0.05) is 53.7 Å². The number of carbonyl (C=O) groups excluding carboxylic acids is 6. The number of rotatable bonds is 15. The number of hydrogen-bond donors (Lipinski definition) is 1. The van der Waals surface area contributed by atoms with Crippen LogP contribution in [0.25, 0.3) is 65.7 Å². The van der Waals surface area contributed by atoms with E-state index < -0.39 is 28.2 Å². The van der Waals surface area contributed by atoms with E-state index in [0.717, 1.165) is 154 Å². The van der Waals surface area contributed by atoms with Crippen LogP contribution in [0.4, 0.5) is 11.4 Å². The van der Waals surface area contributed by atoms with Gasteiger partial charge in [-0.2, -0.15) is 0 Å². The quantitative estimate of drug-likeness (QED) is 0.0602. The fourth-order valence-electron chi connectivity index (χ4n) is 21.5. The van der Waals surface area contributed by atoms with E-state index in [1.807, 2.05) is 97.1 Å². The number of phenolic OH excluding ortho intramolecular Hbond substituents is 1. The Morgan fingerprint density at radius 3 is 1.12 bits per heavy atom. The molecule has 620 valence electrons. The van der Waals surface area contributed by atoms with Gasteiger partial charge in [0.05, 0.1) is 51.9 Å². The molecule has 3 aliphatic carbocycles. The van der Waals surface area contributed by atoms with Crippen LogP contribution in [0, 0.1) is 20.8 Å². The highest BCUT2D eigenvalue weighted by Gasteiger charge is 2.55. The Morgan fingerprint density at radius 1 is 0.355 bits per heavy atom. The number of esters is 2. The van der Waals surface area contributed by atoms with Crippen LogP contribution in [-0.2, 0) is 37.2 Å². The SMILES string of the molecule is CCCCC1(CCCC)c2cc(C(C)(C)c3ccccc3)c3c(c2-c2c1cc(C)c1cc(OC)ccc21)C(=O)N(c1ccc(O)cc1)C3=O.Cc1cc2c(c3ccccc13)-c1c(cc(C(C)(C)c3ccccc3)c3c1C(=O)N(c1ccc(Br)cc1)C3=O)C2(C)C.Cc1cc2c(c3ccccc13)-c1c(cc(C(C)(C)c3ccccc3)c3c1C(=O)OC3=O)C2(C)C. The van der Waals surface area contributed by atoms with Gasteiger partial charge in [-0.25, -0.2) is 19.4 Å². The molecule has 11 nitrogen and oxygen atoms in total. The number of amides is 4. The van der Waals surface area contributed by atoms with Crippen LogP contribution in [0.5, 0.6) is 11.5 Å². The molecule has 3 aliphatic heterocycles. The Labute approximate surface area is 734 Å². The smallest absolute Gasteiger partial charge is 0.347 e. The van der Waals surface area contributed by atoms with E-state index in [1.54, 1.807) is 19.2 Å². The number of halogens is 1. The molecule has 124 heavy (non-hydrogen) atoms. The second kappa shape index (κ2) is 30.1. The van der Waals surface area contributed by atoms with Crippen molar-refractivity contribution >= 4 is 95.2 Å². The molecule has 1 N–H and O–H groups in total. The van der Waals surface area contributed by atoms with E-state index in [2.05, 4.69) is 241 Å². The first-order chi connectivity index (χ1) is 59.2. The second-order valence-electron chi connectivity index (χ2n) is 37.2. The number of nitrogens with zero attached hydrogens (tertiary/aromatic N) is 2. The van der Waals surface area contributed by atoms with Crippen molar-refractivity contribution in [3.63, 3.8) is 0 Å². The number of unbranched alkanes of at least 4 members (excludes halogenated alkanes) is 2. The minimum absolute atomic E-state index is 0.0787. The van der Waals surface area contributed by atoms with Crippen LogP contribution in [0.1, 0.15) is 267 Å². The molecule has 12 heteroatoms. The van der Waals surface area contributed by atoms with Gasteiger partial charge in [-0.05, 0) is 227 Å². The van der Waals surface area contributed by atoms with Crippen molar-refractivity contribution < 1.29 is 43.3 Å². The van der Waals surface area contributed by atoms with Gasteiger partial charge in [-0.1, -0.05) is 307 Å². The molecule has 0 fully saturated rings. The van der Waals surface area contributed by atoms with Gasteiger partial charge in [0.15, 0.2) is 0 Å². The van der Waals surface area contributed by atoms with Crippen LogP contribution in [0.15, 0.2) is 247 Å². The summed E-state index contributed by atoms with van der Waals surface area (Å²) in [6, 6.07) is 80.9. The highest BCUT2D eigenvalue weighted by molar-refractivity contribution is 9.10. The molecular weight excluding hydrogens is 1600 g/mol. The first-order valence-electron chi connectivity index (χ1n) is 43.4. The molecule has 0 aromatic heterocycles. The van der Waals surface area contributed by atoms with Crippen molar-refractivity contribution in [2.45, 2.75) is 175 Å². The molecule has 0 radical (unpaired) electrons. The molecule has 0 bridgehead atoms. The van der Waals surface area contributed by atoms with E-state index in [-0.39, 0.29) is 45.6 Å². The number of hydrogen-bond acceptors (Lipinski definition) is 9. The third-order valence-corrected chi connectivity index (χ3v) is 28.9. The van der Waals surface area contributed by atoms with Crippen LogP contribution in [-0.4, -0.2) is 47.8 Å². The molecule has 0 spiro atoms. The predicted octanol–water partition coefficient (Wildman–Crippen LogP) is 27.1. The van der Waals surface area contributed by atoms with Gasteiger partial charge in [0.25, 0.3) is 23.6 Å². The van der Waals surface area contributed by atoms with E-state index >= 15 is 4.79 Å². The molecule has 14 aromatic rings. The molecule has 3 heterocycles. The topological polar surface area (TPSA) is 148 Å². The normalized spacial score (nSPS) is 15.2. The summed E-state index contributed by atoms with van der Waals surface area (Å²) in [6.07, 6.45) is 6.12. The predicted molar refractivity (Wildman–Crippen MR) is 503 cm³/mol. The lowest BCUT2D eigenvalue weighted by molar-refractivity contribution is 0.0442. The Hall–Kier alpha value is -12.6. The van der Waals surface area contributed by atoms with Crippen LogP contribution in [0.3, 0.4) is 0 Å². The average Bonchev–Trinajstić information content (AvgIpc) is 1.38. The summed E-state index contributed by atoms with van der Waals surface area (Å²) in [6.45, 7) is 32.7. The molecule has 0 saturated heterocycles. The standard InChI is InChI=1S/C44H45NO4.C37H30BrNO2.C31H26O3/c1-7-9-22-44(23-10-8-2)35-24-27(3)33-25-31(49-6)20-21-32(33)37(35)38-36(44)26-34(43(4,5)28-14-12-11-13-15-28)39-40(38)42(48)45(41(39)47)29-16-18-30(46)19-17-29;1-21-19-27-30(26-14-10-9-13-25(21)26)31-28(37(27,4)5)20-29(36(2,3)22-11-7-6-8-12-22)32-33(31)35(41)39(34(32)40)24-17-15-23(38)16-18-24;1-17-15-21-24(20-14-10-9-13-19(17)20)25-22(31(21,4)5)16-23(26-27(25)29(33)34-28(26)32)30(2,3)18-11-7-6-8-12-18/h11-21,24-26,46H,7-10,22-23H2,1-6H3;6-20H,1-5H3;6-16H,1-5H3. The molecular formula is C112H101BrN2O9. The maximum absolute atomic E-state index is 15.0. The van der Waals surface area contributed by atoms with Crippen molar-refractivity contribution in [2.24, 2.45) is 0 Å². The molecule has 6 aliphatic rings. The second-order valence-corrected chi connectivity index (χ2v) is 38.1. The molecule has 0 unspecified atom stereocenters. The lowest BCUT2D eigenvalue weighted by atomic mass is 9.68. The average molecular weight is 1700 g/mol. The summed E-state index contributed by atoms with van der Waals surface area (Å²) >= 11 is 3.49. The number of fused-ring (bicyclic) bond motifs is 21. The van der Waals surface area contributed by atoms with Crippen LogP contribution in [0.2, 0.25) is 0 Å². The van der Waals surface area contributed by atoms with Gasteiger partial charge in [-0.15, -0.1) is 0 Å². The Balaban J connectivity index is 0.000000129. The number of aryl methyl sites for hydroxylation is 3. The fraction of sp³-hybridized carbons (Fsp3) is 0.250. The minimum atomic E-state index is -0.581. The third-order valence-electron chi connectivity index (χ3n) is 28.4. The molecule has 4 amide bonds. The maximum atomic E-state index is 15.0. The highest BCUT2D eigenvalue weighted by atomic mass is 79.9. The molecule has 20 rings (SSSR count). The monoisotopic (exact) mass is 1700 g/mol. The van der Waals surface area contributed by atoms with Crippen LogP contribution >= 0.6 is 15.9 Å². The van der Waals surface area contributed by atoms with Crippen molar-refractivity contribution in [1.82, 2.24) is 0 Å². The highest BCUT2D eigenvalue weighted by Crippen LogP contribution is 2.63. The molecule has 0 saturated carbocycles. The van der Waals surface area contributed by atoms with Gasteiger partial charge in [0.1, 0.15) is 11.5 Å². The number of phenols is 1. The first kappa shape index (κ1) is 82.3. The van der Waals surface area contributed by atoms with E-state index in [9.17, 15) is 29.1 Å². The lowest BCUT2D eigenvalue weighted by Crippen LogP contribution is -2.30. The number of methoxy groups -OCH3 is 1. The summed E-state index contributed by atoms with van der Waals surface area (Å²) in [5.41, 5.74) is 23.5. The van der Waals surface area contributed by atoms with Crippen molar-refractivity contribution in [1.29, 1.82) is 0 Å². The third kappa shape index (κ3) is 12.4. The Bertz CT molecular complexity index is 6900. The summed E-state index contributed by atoms with van der Waals surface area (Å²) in [5.74, 6) is -1.41. The van der Waals surface area contributed by atoms with Gasteiger partial charge in [0.2, 0.25) is 0 Å². The number of benzene rings is 14. The number of ether oxygens (including phenoxy) is 2. The van der Waals surface area contributed by atoms with Crippen LogP contribution < -0.4 is 14.5 Å². The summed E-state index contributed by atoms with van der Waals surface area (Å²) in [7, 11) is 1.69. The largest absolute Gasteiger partial charge is 0.508 e. The zero-order valence-corrected chi connectivity index (χ0v) is 74.9. The van der Waals surface area contributed by atoms with Crippen molar-refractivity contribution in [3.05, 3.63) is 364 Å². The number of cyclic esters (lactones) is 2. The Morgan fingerprint density at radius 2 is 0.685 bits per heavy atom. The summed E-state index contributed by atoms with van der Waals surface area (Å²) in [5, 5.41) is 16.8. The number of carbonyl (C=O) groups is 6. The van der Waals surface area contributed by atoms with Crippen molar-refractivity contribution in [3.8, 4) is 44.9 Å². The number of aromatic hydroxyl groups is 1. The zero-order valence-electron chi connectivity index (χ0n) is 73.3. The minimum Gasteiger partial charge on any atom is -0.508 e. The fourth-order valence-corrected chi connectivity index (χ4v) is 21.8. The first-order valence-corrected chi connectivity index (χ1v) is 44.1. The Kier molecular flexibility index (Phi) is 20.0. The van der Waals surface area contributed by atoms with Gasteiger partial charge >= 0.3 is 11.9 Å². The van der Waals surface area contributed by atoms with Gasteiger partial charge in [-0.3, -0.25) is 19.2 Å². The summed E-state index contributed by atoms with van der Waals surface area (Å²) < 4.78 is 11.8. The van der Waals surface area contributed by atoms with E-state index in [0.29, 0.717) is 44.8 Å².